The minimum Gasteiger partial charge on any atom is -0.490 e. The van der Waals surface area contributed by atoms with E-state index in [0.717, 1.165) is 11.5 Å². The molecular weight excluding hydrogens is 242 g/mol. The maximum absolute atomic E-state index is 11.4. The highest BCUT2D eigenvalue weighted by molar-refractivity contribution is 5.76. The van der Waals surface area contributed by atoms with Crippen molar-refractivity contribution < 1.29 is 14.3 Å². The molecule has 19 heavy (non-hydrogen) atoms. The summed E-state index contributed by atoms with van der Waals surface area (Å²) in [7, 11) is 0. The SMILES string of the molecule is CCOc1ccccc1OCCCC(=O)NC(C)C. The second-order valence-corrected chi connectivity index (χ2v) is 4.55. The lowest BCUT2D eigenvalue weighted by molar-refractivity contribution is -0.121. The van der Waals surface area contributed by atoms with E-state index in [0.29, 0.717) is 26.1 Å². The van der Waals surface area contributed by atoms with E-state index in [1.54, 1.807) is 0 Å². The summed E-state index contributed by atoms with van der Waals surface area (Å²) in [6.07, 6.45) is 1.17. The third-order valence-electron chi connectivity index (χ3n) is 2.40. The largest absolute Gasteiger partial charge is 0.490 e. The number of hydrogen-bond acceptors (Lipinski definition) is 3. The fourth-order valence-electron chi connectivity index (χ4n) is 1.65. The van der Waals surface area contributed by atoms with E-state index < -0.39 is 0 Å². The molecule has 0 atom stereocenters. The Balaban J connectivity index is 2.31. The van der Waals surface area contributed by atoms with E-state index >= 15 is 0 Å². The van der Waals surface area contributed by atoms with Crippen molar-refractivity contribution in [3.05, 3.63) is 24.3 Å². The predicted molar refractivity (Wildman–Crippen MR) is 75.6 cm³/mol. The molecule has 4 nitrogen and oxygen atoms in total. The van der Waals surface area contributed by atoms with Crippen molar-refractivity contribution in [2.75, 3.05) is 13.2 Å². The zero-order chi connectivity index (χ0) is 14.1. The Morgan fingerprint density at radius 2 is 1.84 bits per heavy atom. The van der Waals surface area contributed by atoms with Crippen LogP contribution in [0, 0.1) is 0 Å². The molecule has 1 amide bonds. The molecule has 1 aromatic carbocycles. The molecule has 1 aromatic rings. The first kappa shape index (κ1) is 15.3. The lowest BCUT2D eigenvalue weighted by atomic mass is 10.3. The van der Waals surface area contributed by atoms with E-state index in [4.69, 9.17) is 9.47 Å². The van der Waals surface area contributed by atoms with Crippen molar-refractivity contribution in [1.29, 1.82) is 0 Å². The lowest BCUT2D eigenvalue weighted by Crippen LogP contribution is -2.30. The summed E-state index contributed by atoms with van der Waals surface area (Å²) >= 11 is 0. The Morgan fingerprint density at radius 3 is 2.42 bits per heavy atom. The van der Waals surface area contributed by atoms with Gasteiger partial charge in [-0.05, 0) is 39.3 Å². The van der Waals surface area contributed by atoms with E-state index in [1.165, 1.54) is 0 Å². The number of ether oxygens (including phenoxy) is 2. The van der Waals surface area contributed by atoms with Crippen molar-refractivity contribution in [3.63, 3.8) is 0 Å². The molecule has 0 radical (unpaired) electrons. The number of rotatable bonds is 8. The van der Waals surface area contributed by atoms with Crippen LogP contribution in [0.5, 0.6) is 11.5 Å². The fraction of sp³-hybridized carbons (Fsp3) is 0.533. The smallest absolute Gasteiger partial charge is 0.220 e. The summed E-state index contributed by atoms with van der Waals surface area (Å²) in [6, 6.07) is 7.76. The van der Waals surface area contributed by atoms with Crippen LogP contribution in [0.3, 0.4) is 0 Å². The number of para-hydroxylation sites is 2. The molecule has 0 spiro atoms. The highest BCUT2D eigenvalue weighted by Gasteiger charge is 2.05. The number of carbonyl (C=O) groups is 1. The molecule has 0 aliphatic carbocycles. The summed E-state index contributed by atoms with van der Waals surface area (Å²) in [6.45, 7) is 6.96. The van der Waals surface area contributed by atoms with Crippen molar-refractivity contribution in [1.82, 2.24) is 5.32 Å². The molecule has 0 bridgehead atoms. The molecule has 0 unspecified atom stereocenters. The number of carbonyl (C=O) groups excluding carboxylic acids is 1. The number of hydrogen-bond donors (Lipinski definition) is 1. The molecule has 0 heterocycles. The minimum atomic E-state index is 0.0664. The van der Waals surface area contributed by atoms with Gasteiger partial charge >= 0.3 is 0 Å². The normalized spacial score (nSPS) is 10.3. The van der Waals surface area contributed by atoms with Gasteiger partial charge < -0.3 is 14.8 Å². The summed E-state index contributed by atoms with van der Waals surface area (Å²) in [5.41, 5.74) is 0. The summed E-state index contributed by atoms with van der Waals surface area (Å²) in [4.78, 5) is 11.4. The Labute approximate surface area is 115 Å². The average Bonchev–Trinajstić information content (AvgIpc) is 2.36. The molecule has 0 aliphatic heterocycles. The molecule has 0 aromatic heterocycles. The third kappa shape index (κ3) is 6.13. The van der Waals surface area contributed by atoms with Gasteiger partial charge in [0.15, 0.2) is 11.5 Å². The zero-order valence-electron chi connectivity index (χ0n) is 11.9. The highest BCUT2D eigenvalue weighted by Crippen LogP contribution is 2.26. The maximum atomic E-state index is 11.4. The molecular formula is C15H23NO3. The first-order chi connectivity index (χ1) is 9.13. The number of nitrogens with one attached hydrogen (secondary N) is 1. The van der Waals surface area contributed by atoms with Gasteiger partial charge in [0.2, 0.25) is 5.91 Å². The van der Waals surface area contributed by atoms with Gasteiger partial charge in [0.1, 0.15) is 0 Å². The topological polar surface area (TPSA) is 47.6 Å². The van der Waals surface area contributed by atoms with Gasteiger partial charge in [-0.1, -0.05) is 12.1 Å². The maximum Gasteiger partial charge on any atom is 0.220 e. The zero-order valence-corrected chi connectivity index (χ0v) is 11.9. The van der Waals surface area contributed by atoms with Crippen LogP contribution >= 0.6 is 0 Å². The van der Waals surface area contributed by atoms with Gasteiger partial charge in [-0.25, -0.2) is 0 Å². The molecule has 0 fully saturated rings. The van der Waals surface area contributed by atoms with Gasteiger partial charge in [-0.15, -0.1) is 0 Å². The number of amides is 1. The van der Waals surface area contributed by atoms with Crippen LogP contribution in [0.25, 0.3) is 0 Å². The van der Waals surface area contributed by atoms with Gasteiger partial charge in [-0.3, -0.25) is 4.79 Å². The monoisotopic (exact) mass is 265 g/mol. The second kappa shape index (κ2) is 8.40. The number of benzene rings is 1. The van der Waals surface area contributed by atoms with E-state index in [1.807, 2.05) is 45.0 Å². The highest BCUT2D eigenvalue weighted by atomic mass is 16.5. The first-order valence-corrected chi connectivity index (χ1v) is 6.77. The van der Waals surface area contributed by atoms with Crippen molar-refractivity contribution in [3.8, 4) is 11.5 Å². The first-order valence-electron chi connectivity index (χ1n) is 6.77. The third-order valence-corrected chi connectivity index (χ3v) is 2.40. The van der Waals surface area contributed by atoms with Crippen LogP contribution in [0.2, 0.25) is 0 Å². The van der Waals surface area contributed by atoms with Gasteiger partial charge in [-0.2, -0.15) is 0 Å². The molecule has 4 heteroatoms. The van der Waals surface area contributed by atoms with Crippen LogP contribution in [0.1, 0.15) is 33.6 Å². The van der Waals surface area contributed by atoms with Crippen molar-refractivity contribution in [2.45, 2.75) is 39.7 Å². The van der Waals surface area contributed by atoms with E-state index in [2.05, 4.69) is 5.32 Å². The Morgan fingerprint density at radius 1 is 1.21 bits per heavy atom. The molecule has 1 N–H and O–H groups in total. The van der Waals surface area contributed by atoms with Crippen LogP contribution in [-0.2, 0) is 4.79 Å². The standard InChI is InChI=1S/C15H23NO3/c1-4-18-13-8-5-6-9-14(13)19-11-7-10-15(17)16-12(2)3/h5-6,8-9,12H,4,7,10-11H2,1-3H3,(H,16,17). The summed E-state index contributed by atoms with van der Waals surface area (Å²) < 4.78 is 11.1. The average molecular weight is 265 g/mol. The second-order valence-electron chi connectivity index (χ2n) is 4.55. The van der Waals surface area contributed by atoms with Crippen LogP contribution in [0.15, 0.2) is 24.3 Å². The van der Waals surface area contributed by atoms with Crippen LogP contribution in [-0.4, -0.2) is 25.2 Å². The minimum absolute atomic E-state index is 0.0664. The molecule has 0 saturated carbocycles. The van der Waals surface area contributed by atoms with Crippen LogP contribution < -0.4 is 14.8 Å². The van der Waals surface area contributed by atoms with Crippen molar-refractivity contribution in [2.24, 2.45) is 0 Å². The van der Waals surface area contributed by atoms with Crippen LogP contribution in [0.4, 0.5) is 0 Å². The molecule has 106 valence electrons. The summed E-state index contributed by atoms with van der Waals surface area (Å²) in [5, 5.41) is 2.85. The van der Waals surface area contributed by atoms with Gasteiger partial charge in [0, 0.05) is 12.5 Å². The predicted octanol–water partition coefficient (Wildman–Crippen LogP) is 2.77. The van der Waals surface area contributed by atoms with E-state index in [-0.39, 0.29) is 11.9 Å². The molecule has 1 rings (SSSR count). The van der Waals surface area contributed by atoms with E-state index in [9.17, 15) is 4.79 Å². The Kier molecular flexibility index (Phi) is 6.79. The Hall–Kier alpha value is -1.71. The quantitative estimate of drug-likeness (QED) is 0.735. The Bertz CT molecular complexity index is 391. The van der Waals surface area contributed by atoms with Gasteiger partial charge in [0.05, 0.1) is 13.2 Å². The van der Waals surface area contributed by atoms with Crippen molar-refractivity contribution >= 4 is 5.91 Å². The molecule has 0 aliphatic rings. The van der Waals surface area contributed by atoms with Gasteiger partial charge in [0.25, 0.3) is 0 Å². The fourth-order valence-corrected chi connectivity index (χ4v) is 1.65. The molecule has 0 saturated heterocycles. The lowest BCUT2D eigenvalue weighted by Gasteiger charge is -2.12. The summed E-state index contributed by atoms with van der Waals surface area (Å²) in [5.74, 6) is 1.54.